The fraction of sp³-hybridized carbons (Fsp3) is 1.00. The van der Waals surface area contributed by atoms with Crippen LogP contribution in [0.2, 0.25) is 16.6 Å². The van der Waals surface area contributed by atoms with Gasteiger partial charge in [0.15, 0.2) is 0 Å². The van der Waals surface area contributed by atoms with Crippen LogP contribution in [0.25, 0.3) is 0 Å². The third-order valence-electron chi connectivity index (χ3n) is 5.34. The van der Waals surface area contributed by atoms with Crippen molar-refractivity contribution in [2.24, 2.45) is 0 Å². The molecule has 0 N–H and O–H groups in total. The maximum absolute atomic E-state index is 7.13. The quantitative estimate of drug-likeness (QED) is 0.159. The van der Waals surface area contributed by atoms with Gasteiger partial charge in [0.2, 0.25) is 0 Å². The third-order valence-corrected chi connectivity index (χ3v) is 19.9. The molecule has 27 heavy (non-hydrogen) atoms. The van der Waals surface area contributed by atoms with Gasteiger partial charge in [-0.3, -0.25) is 0 Å². The van der Waals surface area contributed by atoms with E-state index in [2.05, 4.69) is 62.3 Å². The molecule has 0 saturated carbocycles. The summed E-state index contributed by atoms with van der Waals surface area (Å²) in [6.45, 7) is 22.5. The van der Waals surface area contributed by atoms with Crippen LogP contribution in [0.5, 0.6) is 0 Å². The van der Waals surface area contributed by atoms with Crippen LogP contribution in [0.3, 0.4) is 0 Å². The van der Waals surface area contributed by atoms with Crippen molar-refractivity contribution in [3.8, 4) is 0 Å². The molecule has 0 bridgehead atoms. The zero-order valence-corrected chi connectivity index (χ0v) is 23.2. The molecule has 0 heterocycles. The molecule has 0 aromatic rings. The van der Waals surface area contributed by atoms with Crippen molar-refractivity contribution < 1.29 is 33.0 Å². The van der Waals surface area contributed by atoms with Gasteiger partial charge in [0, 0.05) is 0 Å². The molecule has 0 rings (SSSR count). The summed E-state index contributed by atoms with van der Waals surface area (Å²) >= 11 is -4.10. The summed E-state index contributed by atoms with van der Waals surface area (Å²) in [5, 5.41) is 0. The summed E-state index contributed by atoms with van der Waals surface area (Å²) in [4.78, 5) is 0. The first-order valence-electron chi connectivity index (χ1n) is 11.3. The van der Waals surface area contributed by atoms with E-state index in [0.29, 0.717) is 36.4 Å². The van der Waals surface area contributed by atoms with E-state index < -0.39 is 30.3 Å². The van der Waals surface area contributed by atoms with Crippen molar-refractivity contribution >= 4 is 8.32 Å². The molecular weight excluding hydrogens is 436 g/mol. The normalized spacial score (nSPS) is 13.3. The van der Waals surface area contributed by atoms with Crippen LogP contribution in [-0.4, -0.2) is 28.1 Å². The van der Waals surface area contributed by atoms with Gasteiger partial charge in [-0.1, -0.05) is 0 Å². The Morgan fingerprint density at radius 1 is 0.593 bits per heavy atom. The average molecular weight is 484 g/mol. The van der Waals surface area contributed by atoms with E-state index in [1.165, 1.54) is 0 Å². The fourth-order valence-electron chi connectivity index (χ4n) is 3.81. The van der Waals surface area contributed by atoms with Crippen LogP contribution in [0.4, 0.5) is 0 Å². The summed E-state index contributed by atoms with van der Waals surface area (Å²) in [6.07, 6.45) is 6.38. The van der Waals surface area contributed by atoms with Gasteiger partial charge in [-0.05, 0) is 0 Å². The standard InChI is InChI=1S/C9H21OSi.3C4H9O.Zr/c1-7(2)11(10,8(3)4)9(5)6;3*1-2-3-4-5;/h7-9H,1-6H3;3*2-4H2,1H3;/q4*-1;+4. The van der Waals surface area contributed by atoms with Gasteiger partial charge in [-0.15, -0.1) is 0 Å². The van der Waals surface area contributed by atoms with Crippen molar-refractivity contribution in [2.75, 3.05) is 19.8 Å². The molecule has 0 aliphatic heterocycles. The number of rotatable bonds is 17. The van der Waals surface area contributed by atoms with Crippen LogP contribution in [0.15, 0.2) is 0 Å². The van der Waals surface area contributed by atoms with Gasteiger partial charge in [0.25, 0.3) is 0 Å². The molecule has 0 amide bonds. The number of unbranched alkanes of at least 4 members (excludes halogenated alkanes) is 3. The molecule has 0 aromatic heterocycles. The van der Waals surface area contributed by atoms with E-state index in [1.807, 2.05) is 0 Å². The Hall–Kier alpha value is 0.940. The van der Waals surface area contributed by atoms with E-state index >= 15 is 0 Å². The predicted molar refractivity (Wildman–Crippen MR) is 115 cm³/mol. The zero-order valence-electron chi connectivity index (χ0n) is 19.7. The first-order valence-corrected chi connectivity index (χ1v) is 17.5. The molecule has 164 valence electrons. The summed E-state index contributed by atoms with van der Waals surface area (Å²) < 4.78 is 26.5. The SMILES string of the molecule is CCCC[O][Zr]([O]CCCC)([O]CCCC)[O][Si](C(C)C)(C(C)C)C(C)C. The topological polar surface area (TPSA) is 36.9 Å². The van der Waals surface area contributed by atoms with Crippen molar-refractivity contribution in [2.45, 2.75) is 117 Å². The molecular formula is C21H48O4SiZr. The van der Waals surface area contributed by atoms with Crippen molar-refractivity contribution in [1.29, 1.82) is 0 Å². The van der Waals surface area contributed by atoms with Gasteiger partial charge < -0.3 is 0 Å². The van der Waals surface area contributed by atoms with Crippen LogP contribution in [0, 0.1) is 0 Å². The van der Waals surface area contributed by atoms with Crippen LogP contribution < -0.4 is 0 Å². The predicted octanol–water partition coefficient (Wildman–Crippen LogP) is 7.44. The molecule has 0 unspecified atom stereocenters. The van der Waals surface area contributed by atoms with Gasteiger partial charge >= 0.3 is 179 Å². The second-order valence-corrected chi connectivity index (χ2v) is 20.0. The Balaban J connectivity index is 5.79. The Morgan fingerprint density at radius 2 is 0.889 bits per heavy atom. The van der Waals surface area contributed by atoms with E-state index in [9.17, 15) is 0 Å². The van der Waals surface area contributed by atoms with Crippen molar-refractivity contribution in [3.05, 3.63) is 0 Å². The molecule has 0 aromatic carbocycles. The fourth-order valence-corrected chi connectivity index (χ4v) is 22.4. The van der Waals surface area contributed by atoms with E-state index in [4.69, 9.17) is 10.9 Å². The second kappa shape index (κ2) is 14.8. The molecule has 0 aliphatic carbocycles. The van der Waals surface area contributed by atoms with Crippen LogP contribution >= 0.6 is 0 Å². The average Bonchev–Trinajstić information content (AvgIpc) is 2.59. The molecule has 0 spiro atoms. The van der Waals surface area contributed by atoms with Gasteiger partial charge in [0.1, 0.15) is 0 Å². The first-order chi connectivity index (χ1) is 12.7. The Kier molecular flexibility index (Phi) is 15.4. The molecule has 0 atom stereocenters. The minimum absolute atomic E-state index is 0.493. The van der Waals surface area contributed by atoms with E-state index in [-0.39, 0.29) is 0 Å². The van der Waals surface area contributed by atoms with Gasteiger partial charge in [-0.2, -0.15) is 0 Å². The molecule has 6 heteroatoms. The Morgan fingerprint density at radius 3 is 1.11 bits per heavy atom. The van der Waals surface area contributed by atoms with Crippen molar-refractivity contribution in [1.82, 2.24) is 0 Å². The summed E-state index contributed by atoms with van der Waals surface area (Å²) in [5.41, 5.74) is 1.48. The Labute approximate surface area is 178 Å². The van der Waals surface area contributed by atoms with Crippen LogP contribution in [-0.2, 0) is 33.0 Å². The van der Waals surface area contributed by atoms with E-state index in [0.717, 1.165) is 38.5 Å². The Bertz CT molecular complexity index is 316. The van der Waals surface area contributed by atoms with E-state index in [1.54, 1.807) is 0 Å². The molecule has 0 aliphatic rings. The number of hydrogen-bond acceptors (Lipinski definition) is 4. The summed E-state index contributed by atoms with van der Waals surface area (Å²) in [5.74, 6) is 0. The molecule has 0 radical (unpaired) electrons. The monoisotopic (exact) mass is 482 g/mol. The zero-order chi connectivity index (χ0) is 20.9. The number of hydrogen-bond donors (Lipinski definition) is 0. The maximum atomic E-state index is 7.13. The summed E-state index contributed by atoms with van der Waals surface area (Å²) in [7, 11) is -2.13. The van der Waals surface area contributed by atoms with Crippen molar-refractivity contribution in [3.63, 3.8) is 0 Å². The second-order valence-electron chi connectivity index (χ2n) is 8.53. The van der Waals surface area contributed by atoms with Crippen LogP contribution in [0.1, 0.15) is 101 Å². The first kappa shape index (κ1) is 27.9. The third kappa shape index (κ3) is 9.09. The van der Waals surface area contributed by atoms with Gasteiger partial charge in [0.05, 0.1) is 0 Å². The molecule has 0 fully saturated rings. The molecule has 0 saturated heterocycles. The summed E-state index contributed by atoms with van der Waals surface area (Å²) in [6, 6.07) is 0. The minimum atomic E-state index is -4.10. The molecule has 4 nitrogen and oxygen atoms in total. The van der Waals surface area contributed by atoms with Gasteiger partial charge in [-0.25, -0.2) is 0 Å².